The summed E-state index contributed by atoms with van der Waals surface area (Å²) in [7, 11) is 0. The summed E-state index contributed by atoms with van der Waals surface area (Å²) in [6, 6.07) is 14.4. The molecular weight excluding hydrogens is 260 g/mol. The van der Waals surface area contributed by atoms with Crippen LogP contribution in [0.2, 0.25) is 0 Å². The van der Waals surface area contributed by atoms with Crippen LogP contribution in [0.25, 0.3) is 33.2 Å². The lowest BCUT2D eigenvalue weighted by Gasteiger charge is -2.04. The second-order valence-electron chi connectivity index (χ2n) is 5.33. The molecule has 1 aromatic carbocycles. The molecule has 4 heteroatoms. The molecule has 0 aliphatic rings. The van der Waals surface area contributed by atoms with Crippen molar-refractivity contribution < 1.29 is 0 Å². The molecule has 0 fully saturated rings. The first-order valence-electron chi connectivity index (χ1n) is 6.96. The molecule has 5 aromatic rings. The minimum atomic E-state index is 0.950. The number of fused-ring (bicyclic) bond motifs is 8. The van der Waals surface area contributed by atoms with Crippen LogP contribution in [0.1, 0.15) is 5.69 Å². The smallest absolute Gasteiger partial charge is 0.164 e. The van der Waals surface area contributed by atoms with Crippen LogP contribution in [0.3, 0.4) is 0 Å². The molecular formula is C17H12N4. The third-order valence-corrected chi connectivity index (χ3v) is 3.99. The second-order valence-corrected chi connectivity index (χ2v) is 5.33. The maximum Gasteiger partial charge on any atom is 0.164 e. The molecule has 100 valence electrons. The van der Waals surface area contributed by atoms with E-state index in [0.29, 0.717) is 0 Å². The van der Waals surface area contributed by atoms with E-state index in [1.807, 2.05) is 31.3 Å². The van der Waals surface area contributed by atoms with Gasteiger partial charge in [-0.25, -0.2) is 9.97 Å². The van der Waals surface area contributed by atoms with Crippen LogP contribution in [0.5, 0.6) is 0 Å². The van der Waals surface area contributed by atoms with Crippen molar-refractivity contribution in [2.75, 3.05) is 0 Å². The summed E-state index contributed by atoms with van der Waals surface area (Å²) in [5, 5.41) is 1.15. The quantitative estimate of drug-likeness (QED) is 0.431. The number of para-hydroxylation sites is 1. The van der Waals surface area contributed by atoms with Gasteiger partial charge in [-0.1, -0.05) is 24.3 Å². The molecule has 0 atom stereocenters. The van der Waals surface area contributed by atoms with Crippen LogP contribution in [0.15, 0.2) is 54.9 Å². The molecule has 4 aromatic heterocycles. The van der Waals surface area contributed by atoms with Crippen LogP contribution < -0.4 is 0 Å². The fraction of sp³-hybridized carbons (Fsp3) is 0.0588. The monoisotopic (exact) mass is 272 g/mol. The minimum Gasteiger partial charge on any atom is -0.298 e. The average Bonchev–Trinajstić information content (AvgIpc) is 3.07. The first kappa shape index (κ1) is 10.9. The topological polar surface area (TPSA) is 34.6 Å². The Balaban J connectivity index is 2.24. The van der Waals surface area contributed by atoms with Gasteiger partial charge in [0.25, 0.3) is 0 Å². The molecule has 0 N–H and O–H groups in total. The first-order valence-corrected chi connectivity index (χ1v) is 6.96. The molecule has 5 rings (SSSR count). The summed E-state index contributed by atoms with van der Waals surface area (Å²) in [5.41, 5.74) is 6.14. The minimum absolute atomic E-state index is 0.950. The summed E-state index contributed by atoms with van der Waals surface area (Å²) < 4.78 is 4.28. The van der Waals surface area contributed by atoms with Gasteiger partial charge in [0.2, 0.25) is 0 Å². The summed E-state index contributed by atoms with van der Waals surface area (Å²) in [6.45, 7) is 2.02. The van der Waals surface area contributed by atoms with Crippen molar-refractivity contribution >= 4 is 33.2 Å². The van der Waals surface area contributed by atoms with Crippen molar-refractivity contribution in [2.24, 2.45) is 0 Å². The van der Waals surface area contributed by atoms with Gasteiger partial charge in [-0.3, -0.25) is 8.80 Å². The fourth-order valence-corrected chi connectivity index (χ4v) is 3.13. The lowest BCUT2D eigenvalue weighted by atomic mass is 10.2. The Bertz CT molecular complexity index is 1150. The van der Waals surface area contributed by atoms with Gasteiger partial charge in [-0.2, -0.15) is 0 Å². The molecule has 21 heavy (non-hydrogen) atoms. The molecule has 0 amide bonds. The van der Waals surface area contributed by atoms with Gasteiger partial charge < -0.3 is 0 Å². The number of imidazole rings is 2. The van der Waals surface area contributed by atoms with Gasteiger partial charge in [0.05, 0.1) is 11.2 Å². The highest BCUT2D eigenvalue weighted by atomic mass is 15.1. The normalized spacial score (nSPS) is 12.0. The number of hydrogen-bond donors (Lipinski definition) is 0. The highest BCUT2D eigenvalue weighted by Gasteiger charge is 2.15. The van der Waals surface area contributed by atoms with Crippen molar-refractivity contribution in [1.82, 2.24) is 18.8 Å². The number of hydrogen-bond acceptors (Lipinski definition) is 2. The van der Waals surface area contributed by atoms with Crippen molar-refractivity contribution in [3.63, 3.8) is 0 Å². The van der Waals surface area contributed by atoms with Crippen LogP contribution in [-0.4, -0.2) is 18.8 Å². The molecule has 0 aliphatic carbocycles. The summed E-state index contributed by atoms with van der Waals surface area (Å²) >= 11 is 0. The zero-order valence-electron chi connectivity index (χ0n) is 11.5. The van der Waals surface area contributed by atoms with E-state index in [-0.39, 0.29) is 0 Å². The molecule has 0 spiro atoms. The van der Waals surface area contributed by atoms with E-state index in [0.717, 1.165) is 38.9 Å². The number of nitrogens with zero attached hydrogens (tertiary/aromatic N) is 4. The van der Waals surface area contributed by atoms with Crippen molar-refractivity contribution in [3.8, 4) is 0 Å². The van der Waals surface area contributed by atoms with Crippen LogP contribution in [-0.2, 0) is 0 Å². The van der Waals surface area contributed by atoms with Gasteiger partial charge >= 0.3 is 0 Å². The van der Waals surface area contributed by atoms with Crippen LogP contribution in [0, 0.1) is 6.92 Å². The van der Waals surface area contributed by atoms with Crippen molar-refractivity contribution in [1.29, 1.82) is 0 Å². The van der Waals surface area contributed by atoms with Gasteiger partial charge in [0.15, 0.2) is 5.65 Å². The van der Waals surface area contributed by atoms with Gasteiger partial charge in [0, 0.05) is 17.8 Å². The largest absolute Gasteiger partial charge is 0.298 e. The maximum absolute atomic E-state index is 4.81. The lowest BCUT2D eigenvalue weighted by Crippen LogP contribution is -1.91. The molecule has 0 radical (unpaired) electrons. The zero-order chi connectivity index (χ0) is 14.0. The third-order valence-electron chi connectivity index (χ3n) is 3.99. The number of aromatic nitrogens is 4. The van der Waals surface area contributed by atoms with Gasteiger partial charge in [-0.15, -0.1) is 0 Å². The van der Waals surface area contributed by atoms with E-state index in [9.17, 15) is 0 Å². The summed E-state index contributed by atoms with van der Waals surface area (Å²) in [6.07, 6.45) is 4.13. The standard InChI is InChI=1S/C17H12N4/c1-11-10-21-13-7-3-2-6-12(13)15-16(17(21)18-11)20-9-5-4-8-14(20)19-15/h2-10H,1H3. The van der Waals surface area contributed by atoms with Gasteiger partial charge in [0.1, 0.15) is 16.7 Å². The average molecular weight is 272 g/mol. The van der Waals surface area contributed by atoms with Crippen molar-refractivity contribution in [2.45, 2.75) is 6.92 Å². The van der Waals surface area contributed by atoms with Crippen LogP contribution >= 0.6 is 0 Å². The lowest BCUT2D eigenvalue weighted by molar-refractivity contribution is 1.20. The van der Waals surface area contributed by atoms with E-state index in [4.69, 9.17) is 9.97 Å². The Morgan fingerprint density at radius 3 is 2.71 bits per heavy atom. The van der Waals surface area contributed by atoms with E-state index < -0.39 is 0 Å². The maximum atomic E-state index is 4.81. The highest BCUT2D eigenvalue weighted by Crippen LogP contribution is 2.29. The number of pyridine rings is 2. The Kier molecular flexibility index (Phi) is 1.86. The molecule has 0 aliphatic heterocycles. The van der Waals surface area contributed by atoms with Gasteiger partial charge in [-0.05, 0) is 25.1 Å². The molecule has 0 saturated carbocycles. The zero-order valence-corrected chi connectivity index (χ0v) is 11.5. The Morgan fingerprint density at radius 1 is 0.905 bits per heavy atom. The van der Waals surface area contributed by atoms with E-state index in [2.05, 4.69) is 39.3 Å². The van der Waals surface area contributed by atoms with Crippen molar-refractivity contribution in [3.05, 3.63) is 60.6 Å². The Hall–Kier alpha value is -2.88. The first-order chi connectivity index (χ1) is 10.3. The summed E-state index contributed by atoms with van der Waals surface area (Å²) in [5.74, 6) is 0. The predicted octanol–water partition coefficient (Wildman–Crippen LogP) is 3.60. The Labute approximate surface area is 120 Å². The fourth-order valence-electron chi connectivity index (χ4n) is 3.13. The Morgan fingerprint density at radius 2 is 1.76 bits per heavy atom. The van der Waals surface area contributed by atoms with E-state index in [1.165, 1.54) is 0 Å². The van der Waals surface area contributed by atoms with Crippen LogP contribution in [0.4, 0.5) is 0 Å². The second kappa shape index (κ2) is 3.61. The molecule has 0 unspecified atom stereocenters. The van der Waals surface area contributed by atoms with E-state index >= 15 is 0 Å². The highest BCUT2D eigenvalue weighted by molar-refractivity contribution is 6.09. The molecule has 4 nitrogen and oxygen atoms in total. The molecule has 0 saturated heterocycles. The molecule has 4 heterocycles. The number of rotatable bonds is 0. The SMILES string of the molecule is Cc1cn2c3ccccc3c3nc4ccccn4c3c2n1. The molecule has 0 bridgehead atoms. The third kappa shape index (κ3) is 1.29. The summed E-state index contributed by atoms with van der Waals surface area (Å²) in [4.78, 5) is 9.53. The number of aryl methyl sites for hydroxylation is 1. The number of benzene rings is 1. The van der Waals surface area contributed by atoms with E-state index in [1.54, 1.807) is 0 Å². The predicted molar refractivity (Wildman–Crippen MR) is 83.7 cm³/mol.